The van der Waals surface area contributed by atoms with Gasteiger partial charge in [0, 0.05) is 11.6 Å². The van der Waals surface area contributed by atoms with Gasteiger partial charge in [0.2, 0.25) is 0 Å². The highest BCUT2D eigenvalue weighted by molar-refractivity contribution is 5.78. The number of hydrogen-bond acceptors (Lipinski definition) is 3. The number of pyridine rings is 1. The fourth-order valence-electron chi connectivity index (χ4n) is 2.34. The van der Waals surface area contributed by atoms with Crippen LogP contribution in [0.2, 0.25) is 0 Å². The zero-order valence-electron chi connectivity index (χ0n) is 12.0. The summed E-state index contributed by atoms with van der Waals surface area (Å²) in [5.41, 5.74) is 2.19. The van der Waals surface area contributed by atoms with E-state index in [4.69, 9.17) is 4.74 Å². The number of aromatic nitrogens is 1. The Balaban J connectivity index is 1.78. The summed E-state index contributed by atoms with van der Waals surface area (Å²) in [7, 11) is 1.95. The van der Waals surface area contributed by atoms with Gasteiger partial charge in [0.15, 0.2) is 0 Å². The highest BCUT2D eigenvalue weighted by Gasteiger charge is 2.11. The van der Waals surface area contributed by atoms with Crippen molar-refractivity contribution in [2.75, 3.05) is 13.7 Å². The minimum absolute atomic E-state index is 0.136. The average Bonchev–Trinajstić information content (AvgIpc) is 2.56. The number of ether oxygens (including phenoxy) is 1. The molecule has 1 atom stereocenters. The van der Waals surface area contributed by atoms with Gasteiger partial charge < -0.3 is 10.1 Å². The Morgan fingerprint density at radius 3 is 2.71 bits per heavy atom. The second-order valence-corrected chi connectivity index (χ2v) is 4.92. The third-order valence-corrected chi connectivity index (χ3v) is 3.54. The number of nitrogens with zero attached hydrogens (tertiary/aromatic N) is 1. The van der Waals surface area contributed by atoms with Crippen LogP contribution in [-0.4, -0.2) is 18.6 Å². The van der Waals surface area contributed by atoms with Gasteiger partial charge in [0.05, 0.1) is 11.6 Å². The molecule has 0 aliphatic carbocycles. The van der Waals surface area contributed by atoms with Crippen LogP contribution < -0.4 is 10.1 Å². The van der Waals surface area contributed by atoms with Crippen LogP contribution in [0.4, 0.5) is 0 Å². The van der Waals surface area contributed by atoms with Gasteiger partial charge in [0.1, 0.15) is 12.4 Å². The summed E-state index contributed by atoms with van der Waals surface area (Å²) in [5, 5.41) is 4.45. The standard InChI is InChI=1S/C18H18N2O/c1-19-18(13-21-16-7-3-2-4-8-16)15-10-9-14-6-5-11-20-17(14)12-15/h2-12,18-19H,13H2,1H3. The number of benzene rings is 2. The van der Waals surface area contributed by atoms with Crippen LogP contribution in [0, 0.1) is 0 Å². The predicted molar refractivity (Wildman–Crippen MR) is 85.5 cm³/mol. The number of para-hydroxylation sites is 1. The fourth-order valence-corrected chi connectivity index (χ4v) is 2.34. The minimum Gasteiger partial charge on any atom is -0.492 e. The Bertz CT molecular complexity index is 712. The SMILES string of the molecule is CNC(COc1ccccc1)c1ccc2cccnc2c1. The molecule has 0 spiro atoms. The molecule has 2 aromatic carbocycles. The summed E-state index contributed by atoms with van der Waals surface area (Å²) in [6.07, 6.45) is 1.82. The summed E-state index contributed by atoms with van der Waals surface area (Å²) < 4.78 is 5.84. The number of hydrogen-bond donors (Lipinski definition) is 1. The monoisotopic (exact) mass is 278 g/mol. The highest BCUT2D eigenvalue weighted by atomic mass is 16.5. The van der Waals surface area contributed by atoms with E-state index in [1.54, 1.807) is 0 Å². The first-order valence-electron chi connectivity index (χ1n) is 7.06. The van der Waals surface area contributed by atoms with Gasteiger partial charge in [-0.15, -0.1) is 0 Å². The molecule has 0 aliphatic heterocycles. The molecule has 0 bridgehead atoms. The number of likely N-dealkylation sites (N-methyl/N-ethyl adjacent to an activating group) is 1. The lowest BCUT2D eigenvalue weighted by Gasteiger charge is -2.18. The van der Waals surface area contributed by atoms with Crippen LogP contribution in [-0.2, 0) is 0 Å². The molecule has 1 unspecified atom stereocenters. The lowest BCUT2D eigenvalue weighted by Crippen LogP contribution is -2.23. The lowest BCUT2D eigenvalue weighted by molar-refractivity contribution is 0.273. The first-order valence-corrected chi connectivity index (χ1v) is 7.06. The number of nitrogens with one attached hydrogen (secondary N) is 1. The van der Waals surface area contributed by atoms with Crippen molar-refractivity contribution >= 4 is 10.9 Å². The van der Waals surface area contributed by atoms with Gasteiger partial charge in [-0.25, -0.2) is 0 Å². The first kappa shape index (κ1) is 13.6. The van der Waals surface area contributed by atoms with E-state index in [-0.39, 0.29) is 6.04 Å². The van der Waals surface area contributed by atoms with E-state index in [2.05, 4.69) is 34.6 Å². The topological polar surface area (TPSA) is 34.1 Å². The lowest BCUT2D eigenvalue weighted by atomic mass is 10.1. The molecule has 0 saturated carbocycles. The predicted octanol–water partition coefficient (Wildman–Crippen LogP) is 3.57. The Labute approximate surface area is 124 Å². The van der Waals surface area contributed by atoms with E-state index in [9.17, 15) is 0 Å². The number of rotatable bonds is 5. The van der Waals surface area contributed by atoms with Crippen LogP contribution in [0.3, 0.4) is 0 Å². The van der Waals surface area contributed by atoms with Crippen LogP contribution in [0.25, 0.3) is 10.9 Å². The summed E-state index contributed by atoms with van der Waals surface area (Å²) in [5.74, 6) is 0.886. The largest absolute Gasteiger partial charge is 0.492 e. The maximum atomic E-state index is 5.84. The second-order valence-electron chi connectivity index (χ2n) is 4.92. The van der Waals surface area contributed by atoms with Crippen LogP contribution in [0.15, 0.2) is 66.9 Å². The van der Waals surface area contributed by atoms with Gasteiger partial charge in [-0.05, 0) is 36.9 Å². The Kier molecular flexibility index (Phi) is 4.12. The smallest absolute Gasteiger partial charge is 0.119 e. The summed E-state index contributed by atoms with van der Waals surface area (Å²) >= 11 is 0. The molecule has 0 saturated heterocycles. The molecule has 3 aromatic rings. The second kappa shape index (κ2) is 6.37. The molecule has 3 nitrogen and oxygen atoms in total. The van der Waals surface area contributed by atoms with E-state index < -0.39 is 0 Å². The molecule has 1 heterocycles. The zero-order chi connectivity index (χ0) is 14.5. The summed E-state index contributed by atoms with van der Waals surface area (Å²) in [6.45, 7) is 0.582. The summed E-state index contributed by atoms with van der Waals surface area (Å²) in [4.78, 5) is 4.41. The molecule has 3 rings (SSSR count). The molecule has 0 radical (unpaired) electrons. The third kappa shape index (κ3) is 3.20. The van der Waals surface area contributed by atoms with E-state index in [0.717, 1.165) is 16.7 Å². The molecule has 0 aliphatic rings. The molecule has 1 aromatic heterocycles. The zero-order valence-corrected chi connectivity index (χ0v) is 12.0. The van der Waals surface area contributed by atoms with Crippen molar-refractivity contribution in [3.63, 3.8) is 0 Å². The Hall–Kier alpha value is -2.39. The van der Waals surface area contributed by atoms with Gasteiger partial charge in [-0.1, -0.05) is 36.4 Å². The van der Waals surface area contributed by atoms with Crippen molar-refractivity contribution in [1.82, 2.24) is 10.3 Å². The molecular weight excluding hydrogens is 260 g/mol. The first-order chi connectivity index (χ1) is 10.4. The molecule has 3 heteroatoms. The molecule has 1 N–H and O–H groups in total. The number of fused-ring (bicyclic) bond motifs is 1. The van der Waals surface area contributed by atoms with Crippen molar-refractivity contribution in [2.45, 2.75) is 6.04 Å². The van der Waals surface area contributed by atoms with E-state index in [1.165, 1.54) is 5.56 Å². The molecular formula is C18H18N2O. The van der Waals surface area contributed by atoms with Crippen molar-refractivity contribution in [1.29, 1.82) is 0 Å². The van der Waals surface area contributed by atoms with Crippen LogP contribution >= 0.6 is 0 Å². The third-order valence-electron chi connectivity index (χ3n) is 3.54. The summed E-state index contributed by atoms with van der Waals surface area (Å²) in [6, 6.07) is 20.4. The van der Waals surface area contributed by atoms with Gasteiger partial charge in [0.25, 0.3) is 0 Å². The van der Waals surface area contributed by atoms with Gasteiger partial charge in [-0.2, -0.15) is 0 Å². The van der Waals surface area contributed by atoms with Crippen molar-refractivity contribution < 1.29 is 4.74 Å². The maximum Gasteiger partial charge on any atom is 0.119 e. The van der Waals surface area contributed by atoms with Crippen molar-refractivity contribution in [2.24, 2.45) is 0 Å². The van der Waals surface area contributed by atoms with Gasteiger partial charge in [-0.3, -0.25) is 4.98 Å². The fraction of sp³-hybridized carbons (Fsp3) is 0.167. The highest BCUT2D eigenvalue weighted by Crippen LogP contribution is 2.20. The average molecular weight is 278 g/mol. The molecule has 0 fully saturated rings. The normalized spacial score (nSPS) is 12.2. The van der Waals surface area contributed by atoms with E-state index in [1.807, 2.05) is 49.6 Å². The van der Waals surface area contributed by atoms with Crippen molar-refractivity contribution in [3.8, 4) is 5.75 Å². The maximum absolute atomic E-state index is 5.84. The minimum atomic E-state index is 0.136. The van der Waals surface area contributed by atoms with Gasteiger partial charge >= 0.3 is 0 Å². The Morgan fingerprint density at radius 1 is 1.05 bits per heavy atom. The Morgan fingerprint density at radius 2 is 1.90 bits per heavy atom. The molecule has 0 amide bonds. The van der Waals surface area contributed by atoms with Crippen molar-refractivity contribution in [3.05, 3.63) is 72.4 Å². The van der Waals surface area contributed by atoms with Crippen LogP contribution in [0.1, 0.15) is 11.6 Å². The molecule has 21 heavy (non-hydrogen) atoms. The van der Waals surface area contributed by atoms with E-state index in [0.29, 0.717) is 6.61 Å². The van der Waals surface area contributed by atoms with Crippen LogP contribution in [0.5, 0.6) is 5.75 Å². The molecule has 106 valence electrons. The quantitative estimate of drug-likeness (QED) is 0.774. The van der Waals surface area contributed by atoms with E-state index >= 15 is 0 Å².